The molecule has 2 aromatic carbocycles. The van der Waals surface area contributed by atoms with E-state index in [9.17, 15) is 4.79 Å². The Labute approximate surface area is 149 Å². The molecular formula is C21H25N3O. The molecular weight excluding hydrogens is 310 g/mol. The lowest BCUT2D eigenvalue weighted by Crippen LogP contribution is -2.46. The van der Waals surface area contributed by atoms with Crippen molar-refractivity contribution in [3.63, 3.8) is 0 Å². The summed E-state index contributed by atoms with van der Waals surface area (Å²) in [5.41, 5.74) is 3.31. The van der Waals surface area contributed by atoms with Crippen molar-refractivity contribution in [1.82, 2.24) is 4.90 Å². The molecule has 0 aromatic heterocycles. The third-order valence-corrected chi connectivity index (χ3v) is 4.40. The van der Waals surface area contributed by atoms with Crippen LogP contribution in [-0.4, -0.2) is 43.5 Å². The summed E-state index contributed by atoms with van der Waals surface area (Å²) in [6.07, 6.45) is 4.43. The summed E-state index contributed by atoms with van der Waals surface area (Å²) in [5.74, 6) is -0.0371. The highest BCUT2D eigenvalue weighted by atomic mass is 16.1. The van der Waals surface area contributed by atoms with Crippen molar-refractivity contribution >= 4 is 23.4 Å². The largest absolute Gasteiger partial charge is 0.369 e. The van der Waals surface area contributed by atoms with Gasteiger partial charge in [-0.2, -0.15) is 0 Å². The van der Waals surface area contributed by atoms with Crippen LogP contribution in [0.2, 0.25) is 0 Å². The average Bonchev–Trinajstić information content (AvgIpc) is 2.63. The second-order valence-corrected chi connectivity index (χ2v) is 6.33. The van der Waals surface area contributed by atoms with E-state index in [4.69, 9.17) is 0 Å². The molecule has 1 aliphatic rings. The summed E-state index contributed by atoms with van der Waals surface area (Å²) in [4.78, 5) is 16.0. The molecule has 0 bridgehead atoms. The molecule has 4 nitrogen and oxygen atoms in total. The fourth-order valence-corrected chi connectivity index (χ4v) is 3.05. The first kappa shape index (κ1) is 17.2. The summed E-state index contributed by atoms with van der Waals surface area (Å²) in [6.45, 7) is 6.69. The predicted molar refractivity (Wildman–Crippen MR) is 105 cm³/mol. The normalized spacial score (nSPS) is 15.5. The minimum Gasteiger partial charge on any atom is -0.369 e. The van der Waals surface area contributed by atoms with Crippen LogP contribution in [0.25, 0.3) is 6.08 Å². The summed E-state index contributed by atoms with van der Waals surface area (Å²) in [6, 6.07) is 18.5. The zero-order valence-corrected chi connectivity index (χ0v) is 14.7. The van der Waals surface area contributed by atoms with Crippen LogP contribution in [0, 0.1) is 0 Å². The van der Waals surface area contributed by atoms with Gasteiger partial charge in [-0.05, 0) is 29.8 Å². The Morgan fingerprint density at radius 1 is 1.00 bits per heavy atom. The standard InChI is InChI=1S/C21H25N3O/c1-18(25)22-20-9-11-21(12-10-20)24-16-14-23(15-17-24)13-5-8-19-6-3-2-4-7-19/h2-12H,13-17H2,1H3,(H,22,25)/b8-5+. The minimum atomic E-state index is -0.0371. The Bertz CT molecular complexity index is 702. The Morgan fingerprint density at radius 2 is 1.68 bits per heavy atom. The third-order valence-electron chi connectivity index (χ3n) is 4.40. The summed E-state index contributed by atoms with van der Waals surface area (Å²) >= 11 is 0. The van der Waals surface area contributed by atoms with Gasteiger partial charge in [0.05, 0.1) is 0 Å². The molecule has 0 unspecified atom stereocenters. The van der Waals surface area contributed by atoms with Crippen molar-refractivity contribution in [3.05, 3.63) is 66.2 Å². The van der Waals surface area contributed by atoms with Gasteiger partial charge >= 0.3 is 0 Å². The first-order valence-electron chi connectivity index (χ1n) is 8.77. The number of rotatable bonds is 5. The number of hydrogen-bond donors (Lipinski definition) is 1. The maximum Gasteiger partial charge on any atom is 0.221 e. The topological polar surface area (TPSA) is 35.6 Å². The third kappa shape index (κ3) is 5.19. The van der Waals surface area contributed by atoms with E-state index in [1.807, 2.05) is 18.2 Å². The van der Waals surface area contributed by atoms with E-state index < -0.39 is 0 Å². The number of amides is 1. The zero-order chi connectivity index (χ0) is 17.5. The maximum atomic E-state index is 11.1. The molecule has 1 fully saturated rings. The molecule has 1 saturated heterocycles. The van der Waals surface area contributed by atoms with Crippen molar-refractivity contribution in [1.29, 1.82) is 0 Å². The van der Waals surface area contributed by atoms with Crippen LogP contribution in [0.1, 0.15) is 12.5 Å². The molecule has 0 atom stereocenters. The van der Waals surface area contributed by atoms with Gasteiger partial charge in [0.1, 0.15) is 0 Å². The second-order valence-electron chi connectivity index (χ2n) is 6.33. The molecule has 0 radical (unpaired) electrons. The van der Waals surface area contributed by atoms with Gasteiger partial charge < -0.3 is 10.2 Å². The summed E-state index contributed by atoms with van der Waals surface area (Å²) in [7, 11) is 0. The number of nitrogens with zero attached hydrogens (tertiary/aromatic N) is 2. The Morgan fingerprint density at radius 3 is 2.32 bits per heavy atom. The molecule has 0 aliphatic carbocycles. The molecule has 1 N–H and O–H groups in total. The Balaban J connectivity index is 1.47. The van der Waals surface area contributed by atoms with Crippen LogP contribution in [-0.2, 0) is 4.79 Å². The molecule has 25 heavy (non-hydrogen) atoms. The van der Waals surface area contributed by atoms with Gasteiger partial charge in [-0.15, -0.1) is 0 Å². The van der Waals surface area contributed by atoms with E-state index in [-0.39, 0.29) is 5.91 Å². The van der Waals surface area contributed by atoms with Crippen molar-refractivity contribution in [3.8, 4) is 0 Å². The van der Waals surface area contributed by atoms with Gasteiger partial charge in [-0.1, -0.05) is 42.5 Å². The molecule has 0 saturated carbocycles. The lowest BCUT2D eigenvalue weighted by Gasteiger charge is -2.35. The first-order valence-corrected chi connectivity index (χ1v) is 8.77. The monoisotopic (exact) mass is 335 g/mol. The van der Waals surface area contributed by atoms with Gasteiger partial charge in [-0.3, -0.25) is 9.69 Å². The Hall–Kier alpha value is -2.59. The average molecular weight is 335 g/mol. The fourth-order valence-electron chi connectivity index (χ4n) is 3.05. The van der Waals surface area contributed by atoms with Crippen LogP contribution in [0.3, 0.4) is 0 Å². The van der Waals surface area contributed by atoms with Crippen molar-refractivity contribution in [2.45, 2.75) is 6.92 Å². The molecule has 0 spiro atoms. The van der Waals surface area contributed by atoms with Gasteiger partial charge in [-0.25, -0.2) is 0 Å². The Kier molecular flexibility index (Phi) is 5.86. The predicted octanol–water partition coefficient (Wildman–Crippen LogP) is 3.48. The molecule has 3 rings (SSSR count). The summed E-state index contributed by atoms with van der Waals surface area (Å²) in [5, 5.41) is 2.81. The SMILES string of the molecule is CC(=O)Nc1ccc(N2CCN(C/C=C/c3ccccc3)CC2)cc1. The van der Waals surface area contributed by atoms with Crippen molar-refractivity contribution in [2.24, 2.45) is 0 Å². The van der Waals surface area contributed by atoms with E-state index in [0.29, 0.717) is 0 Å². The van der Waals surface area contributed by atoms with Gasteiger partial charge in [0.2, 0.25) is 5.91 Å². The van der Waals surface area contributed by atoms with E-state index in [1.54, 1.807) is 0 Å². The number of nitrogens with one attached hydrogen (secondary N) is 1. The molecule has 130 valence electrons. The van der Waals surface area contributed by atoms with E-state index >= 15 is 0 Å². The van der Waals surface area contributed by atoms with E-state index in [2.05, 4.69) is 63.7 Å². The highest BCUT2D eigenvalue weighted by Crippen LogP contribution is 2.19. The van der Waals surface area contributed by atoms with Gasteiger partial charge in [0, 0.05) is 51.0 Å². The number of carbonyl (C=O) groups excluding carboxylic acids is 1. The molecule has 1 aliphatic heterocycles. The zero-order valence-electron chi connectivity index (χ0n) is 14.7. The quantitative estimate of drug-likeness (QED) is 0.909. The van der Waals surface area contributed by atoms with Crippen LogP contribution >= 0.6 is 0 Å². The number of piperazine rings is 1. The van der Waals surface area contributed by atoms with E-state index in [0.717, 1.165) is 38.4 Å². The van der Waals surface area contributed by atoms with Gasteiger partial charge in [0.25, 0.3) is 0 Å². The highest BCUT2D eigenvalue weighted by Gasteiger charge is 2.16. The number of anilines is 2. The first-order chi connectivity index (χ1) is 12.2. The van der Waals surface area contributed by atoms with E-state index in [1.165, 1.54) is 18.2 Å². The van der Waals surface area contributed by atoms with Crippen molar-refractivity contribution in [2.75, 3.05) is 42.9 Å². The van der Waals surface area contributed by atoms with Crippen LogP contribution in [0.4, 0.5) is 11.4 Å². The lowest BCUT2D eigenvalue weighted by atomic mass is 10.2. The molecule has 2 aromatic rings. The lowest BCUT2D eigenvalue weighted by molar-refractivity contribution is -0.114. The van der Waals surface area contributed by atoms with Crippen LogP contribution in [0.15, 0.2) is 60.7 Å². The van der Waals surface area contributed by atoms with Crippen molar-refractivity contribution < 1.29 is 4.79 Å². The van der Waals surface area contributed by atoms with Crippen LogP contribution in [0.5, 0.6) is 0 Å². The minimum absolute atomic E-state index is 0.0371. The highest BCUT2D eigenvalue weighted by molar-refractivity contribution is 5.88. The maximum absolute atomic E-state index is 11.1. The fraction of sp³-hybridized carbons (Fsp3) is 0.286. The summed E-state index contributed by atoms with van der Waals surface area (Å²) < 4.78 is 0. The molecule has 4 heteroatoms. The number of benzene rings is 2. The molecule has 1 amide bonds. The second kappa shape index (κ2) is 8.49. The number of hydrogen-bond acceptors (Lipinski definition) is 3. The number of carbonyl (C=O) groups is 1. The molecule has 1 heterocycles. The smallest absolute Gasteiger partial charge is 0.221 e. The van der Waals surface area contributed by atoms with Gasteiger partial charge in [0.15, 0.2) is 0 Å². The van der Waals surface area contributed by atoms with Crippen LogP contribution < -0.4 is 10.2 Å².